The third-order valence-electron chi connectivity index (χ3n) is 5.45. The Kier molecular flexibility index (Phi) is 6.25. The summed E-state index contributed by atoms with van der Waals surface area (Å²) < 4.78 is 28.1. The van der Waals surface area contributed by atoms with Gasteiger partial charge in [0.15, 0.2) is 5.65 Å². The Balaban J connectivity index is 1.77. The first-order valence-electron chi connectivity index (χ1n) is 10.3. The van der Waals surface area contributed by atoms with Gasteiger partial charge in [0.2, 0.25) is 0 Å². The van der Waals surface area contributed by atoms with Crippen LogP contribution in [0.25, 0.3) is 28.2 Å². The molecule has 0 fully saturated rings. The van der Waals surface area contributed by atoms with E-state index in [0.29, 0.717) is 17.8 Å². The lowest BCUT2D eigenvalue weighted by Gasteiger charge is -2.18. The topological polar surface area (TPSA) is 50.5 Å². The molecule has 0 N–H and O–H groups in total. The van der Waals surface area contributed by atoms with Crippen molar-refractivity contribution in [1.82, 2.24) is 19.5 Å². The summed E-state index contributed by atoms with van der Waals surface area (Å²) in [7, 11) is -1.06. The Morgan fingerprint density at radius 3 is 2.58 bits per heavy atom. The van der Waals surface area contributed by atoms with E-state index in [1.807, 2.05) is 42.5 Å². The number of imidazole rings is 1. The van der Waals surface area contributed by atoms with E-state index in [4.69, 9.17) is 5.10 Å². The van der Waals surface area contributed by atoms with Crippen molar-refractivity contribution in [2.24, 2.45) is 0 Å². The van der Waals surface area contributed by atoms with Gasteiger partial charge in [0, 0.05) is 45.2 Å². The quantitative estimate of drug-likeness (QED) is 0.418. The van der Waals surface area contributed by atoms with E-state index < -0.39 is 10.8 Å². The molecule has 31 heavy (non-hydrogen) atoms. The van der Waals surface area contributed by atoms with Crippen LogP contribution in [0.1, 0.15) is 19.4 Å². The van der Waals surface area contributed by atoms with Crippen LogP contribution >= 0.6 is 0 Å². The van der Waals surface area contributed by atoms with Crippen molar-refractivity contribution in [1.29, 1.82) is 0 Å². The molecular weight excluding hydrogens is 411 g/mol. The van der Waals surface area contributed by atoms with Crippen molar-refractivity contribution >= 4 is 16.4 Å². The Labute approximate surface area is 184 Å². The molecule has 0 amide bonds. The van der Waals surface area contributed by atoms with Gasteiger partial charge in [-0.15, -0.1) is 0 Å². The zero-order chi connectivity index (χ0) is 22.0. The molecule has 160 valence electrons. The number of fused-ring (bicyclic) bond motifs is 1. The van der Waals surface area contributed by atoms with Gasteiger partial charge in [0.05, 0.1) is 17.6 Å². The maximum atomic E-state index is 14.5. The third-order valence-corrected chi connectivity index (χ3v) is 6.37. The van der Waals surface area contributed by atoms with Crippen LogP contribution in [0.4, 0.5) is 4.39 Å². The maximum Gasteiger partial charge on any atom is 0.154 e. The van der Waals surface area contributed by atoms with Crippen molar-refractivity contribution in [2.45, 2.75) is 25.3 Å². The second-order valence-corrected chi connectivity index (χ2v) is 8.76. The third kappa shape index (κ3) is 4.43. The van der Waals surface area contributed by atoms with E-state index in [1.54, 1.807) is 23.0 Å². The predicted molar refractivity (Wildman–Crippen MR) is 123 cm³/mol. The number of rotatable bonds is 7. The minimum Gasteiger partial charge on any atom is -0.300 e. The van der Waals surface area contributed by atoms with Gasteiger partial charge in [-0.1, -0.05) is 26.0 Å². The van der Waals surface area contributed by atoms with Crippen LogP contribution in [-0.2, 0) is 17.3 Å². The van der Waals surface area contributed by atoms with E-state index in [2.05, 4.69) is 23.7 Å². The van der Waals surface area contributed by atoms with E-state index >= 15 is 0 Å². The lowest BCUT2D eigenvalue weighted by atomic mass is 10.1. The smallest absolute Gasteiger partial charge is 0.154 e. The summed E-state index contributed by atoms with van der Waals surface area (Å²) in [6.07, 6.45) is 3.42. The Hall–Kier alpha value is -2.90. The Morgan fingerprint density at radius 1 is 1.03 bits per heavy atom. The van der Waals surface area contributed by atoms with Crippen LogP contribution in [0.2, 0.25) is 0 Å². The van der Waals surface area contributed by atoms with Crippen LogP contribution < -0.4 is 0 Å². The highest BCUT2D eigenvalue weighted by atomic mass is 32.2. The number of hydrogen-bond acceptors (Lipinski definition) is 4. The monoisotopic (exact) mass is 436 g/mol. The highest BCUT2D eigenvalue weighted by molar-refractivity contribution is 7.84. The van der Waals surface area contributed by atoms with Gasteiger partial charge >= 0.3 is 0 Å². The first kappa shape index (κ1) is 21.3. The summed E-state index contributed by atoms with van der Waals surface area (Å²) in [5.41, 5.74) is 4.67. The molecule has 5 nitrogen and oxygen atoms in total. The lowest BCUT2D eigenvalue weighted by molar-refractivity contribution is 0.291. The summed E-state index contributed by atoms with van der Waals surface area (Å²) in [4.78, 5) is 7.40. The Bertz CT molecular complexity index is 1250. The summed E-state index contributed by atoms with van der Waals surface area (Å²) in [5.74, 6) is -0.206. The number of nitrogens with zero attached hydrogens (tertiary/aromatic N) is 4. The number of halogens is 1. The molecule has 0 aliphatic carbocycles. The number of aromatic nitrogens is 3. The Morgan fingerprint density at radius 2 is 1.84 bits per heavy atom. The van der Waals surface area contributed by atoms with Gasteiger partial charge < -0.3 is 0 Å². The molecule has 7 heteroatoms. The van der Waals surface area contributed by atoms with Crippen molar-refractivity contribution in [3.63, 3.8) is 0 Å². The summed E-state index contributed by atoms with van der Waals surface area (Å²) in [5, 5.41) is 4.78. The van der Waals surface area contributed by atoms with Crippen LogP contribution in [0.3, 0.4) is 0 Å². The second kappa shape index (κ2) is 9.08. The van der Waals surface area contributed by atoms with Crippen molar-refractivity contribution in [2.75, 3.05) is 19.3 Å². The van der Waals surface area contributed by atoms with Gasteiger partial charge in [-0.25, -0.2) is 13.9 Å². The average molecular weight is 437 g/mol. The van der Waals surface area contributed by atoms with E-state index in [-0.39, 0.29) is 5.82 Å². The SMILES string of the molecule is CCN(CC)Cc1cc(-c2cnc3ccc(-c4cccc(S(C)=O)c4)nn23)ccc1F. The molecule has 4 aromatic rings. The molecule has 0 saturated carbocycles. The predicted octanol–water partition coefficient (Wildman–Crippen LogP) is 4.78. The van der Waals surface area contributed by atoms with Gasteiger partial charge in [0.25, 0.3) is 0 Å². The summed E-state index contributed by atoms with van der Waals surface area (Å²) in [6, 6.07) is 16.5. The first-order valence-corrected chi connectivity index (χ1v) is 11.9. The maximum absolute atomic E-state index is 14.5. The minimum atomic E-state index is -1.06. The molecule has 2 aromatic heterocycles. The van der Waals surface area contributed by atoms with Crippen LogP contribution in [-0.4, -0.2) is 43.1 Å². The van der Waals surface area contributed by atoms with Gasteiger partial charge in [-0.3, -0.25) is 9.11 Å². The fourth-order valence-corrected chi connectivity index (χ4v) is 4.16. The molecule has 4 rings (SSSR count). The van der Waals surface area contributed by atoms with Crippen molar-refractivity contribution in [3.05, 3.63) is 72.2 Å². The number of benzene rings is 2. The first-order chi connectivity index (χ1) is 15.0. The zero-order valence-corrected chi connectivity index (χ0v) is 18.7. The van der Waals surface area contributed by atoms with E-state index in [9.17, 15) is 8.60 Å². The molecular formula is C24H25FN4OS. The van der Waals surface area contributed by atoms with Gasteiger partial charge in [-0.05, 0) is 55.6 Å². The fourth-order valence-electron chi connectivity index (χ4n) is 3.60. The van der Waals surface area contributed by atoms with Gasteiger partial charge in [-0.2, -0.15) is 5.10 Å². The second-order valence-electron chi connectivity index (χ2n) is 7.38. The molecule has 0 bridgehead atoms. The molecule has 2 heterocycles. The normalized spacial score (nSPS) is 12.5. The highest BCUT2D eigenvalue weighted by Crippen LogP contribution is 2.26. The van der Waals surface area contributed by atoms with E-state index in [1.165, 1.54) is 6.07 Å². The van der Waals surface area contributed by atoms with Crippen LogP contribution in [0, 0.1) is 5.82 Å². The highest BCUT2D eigenvalue weighted by Gasteiger charge is 2.13. The summed E-state index contributed by atoms with van der Waals surface area (Å²) >= 11 is 0. The molecule has 1 atom stereocenters. The molecule has 0 radical (unpaired) electrons. The molecule has 0 aliphatic rings. The van der Waals surface area contributed by atoms with Crippen molar-refractivity contribution < 1.29 is 8.60 Å². The zero-order valence-electron chi connectivity index (χ0n) is 17.9. The van der Waals surface area contributed by atoms with Gasteiger partial charge in [0.1, 0.15) is 5.82 Å². The molecule has 0 spiro atoms. The van der Waals surface area contributed by atoms with Crippen LogP contribution in [0.15, 0.2) is 65.7 Å². The lowest BCUT2D eigenvalue weighted by Crippen LogP contribution is -2.22. The number of hydrogen-bond donors (Lipinski definition) is 0. The van der Waals surface area contributed by atoms with Crippen molar-refractivity contribution in [3.8, 4) is 22.5 Å². The standard InChI is InChI=1S/C24H25FN4OS/c1-4-28(5-2)16-19-13-18(9-10-21(19)25)23-15-26-24-12-11-22(27-29(23)24)17-7-6-8-20(14-17)31(3)30/h6-15H,4-5,16H2,1-3H3. The molecule has 0 aliphatic heterocycles. The van der Waals surface area contributed by atoms with Crippen LogP contribution in [0.5, 0.6) is 0 Å². The summed E-state index contributed by atoms with van der Waals surface area (Å²) in [6.45, 7) is 6.43. The molecule has 0 saturated heterocycles. The molecule has 1 unspecified atom stereocenters. The minimum absolute atomic E-state index is 0.206. The molecule has 2 aromatic carbocycles. The average Bonchev–Trinajstić information content (AvgIpc) is 3.22. The fraction of sp³-hybridized carbons (Fsp3) is 0.250. The largest absolute Gasteiger partial charge is 0.300 e. The van der Waals surface area contributed by atoms with E-state index in [0.717, 1.165) is 40.5 Å².